The zero-order valence-corrected chi connectivity index (χ0v) is 15.7. The molecule has 0 saturated carbocycles. The van der Waals surface area contributed by atoms with Gasteiger partial charge in [-0.2, -0.15) is 0 Å². The van der Waals surface area contributed by atoms with Crippen LogP contribution in [0.2, 0.25) is 0 Å². The standard InChI is InChI=1S/C19H30FN3O2/c1-5-11-23(18(24)25-19(2,3)4)14-8-7-12-22(13-14)17-15(20)9-6-10-16(17)21/h6,9-10,14H,5,7-8,11-13,21H2,1-4H3. The molecule has 1 saturated heterocycles. The molecule has 2 rings (SSSR count). The molecule has 2 N–H and O–H groups in total. The molecule has 1 heterocycles. The average Bonchev–Trinajstić information content (AvgIpc) is 2.51. The SMILES string of the molecule is CCCN(C(=O)OC(C)(C)C)C1CCCN(c2c(N)cccc2F)C1. The van der Waals surface area contributed by atoms with Crippen LogP contribution in [0.4, 0.5) is 20.6 Å². The average molecular weight is 351 g/mol. The molecule has 1 aliphatic heterocycles. The van der Waals surface area contributed by atoms with Crippen LogP contribution in [0.3, 0.4) is 0 Å². The molecule has 0 radical (unpaired) electrons. The summed E-state index contributed by atoms with van der Waals surface area (Å²) in [5.74, 6) is -0.319. The first kappa shape index (κ1) is 19.3. The van der Waals surface area contributed by atoms with E-state index < -0.39 is 5.60 Å². The second kappa shape index (κ2) is 7.93. The summed E-state index contributed by atoms with van der Waals surface area (Å²) in [6, 6.07) is 4.73. The molecule has 0 aliphatic carbocycles. The minimum absolute atomic E-state index is 0.0115. The highest BCUT2D eigenvalue weighted by Crippen LogP contribution is 2.30. The fourth-order valence-electron chi connectivity index (χ4n) is 3.26. The summed E-state index contributed by atoms with van der Waals surface area (Å²) in [5, 5.41) is 0. The van der Waals surface area contributed by atoms with E-state index in [0.717, 1.165) is 25.8 Å². The Balaban J connectivity index is 2.18. The van der Waals surface area contributed by atoms with Crippen molar-refractivity contribution >= 4 is 17.5 Å². The molecule has 1 atom stereocenters. The van der Waals surface area contributed by atoms with Gasteiger partial charge in [0.2, 0.25) is 0 Å². The van der Waals surface area contributed by atoms with Crippen LogP contribution in [0.25, 0.3) is 0 Å². The van der Waals surface area contributed by atoms with E-state index in [-0.39, 0.29) is 18.0 Å². The van der Waals surface area contributed by atoms with Crippen molar-refractivity contribution in [3.63, 3.8) is 0 Å². The number of nitrogens with two attached hydrogens (primary N) is 1. The van der Waals surface area contributed by atoms with E-state index in [2.05, 4.69) is 0 Å². The van der Waals surface area contributed by atoms with Gasteiger partial charge in [-0.15, -0.1) is 0 Å². The lowest BCUT2D eigenvalue weighted by atomic mass is 10.0. The van der Waals surface area contributed by atoms with Gasteiger partial charge in [0.25, 0.3) is 0 Å². The fourth-order valence-corrected chi connectivity index (χ4v) is 3.26. The lowest BCUT2D eigenvalue weighted by Gasteiger charge is -2.41. The third-order valence-corrected chi connectivity index (χ3v) is 4.26. The number of hydrogen-bond acceptors (Lipinski definition) is 4. The van der Waals surface area contributed by atoms with E-state index in [1.807, 2.05) is 32.6 Å². The molecule has 1 fully saturated rings. The lowest BCUT2D eigenvalue weighted by Crippen LogP contribution is -2.52. The van der Waals surface area contributed by atoms with Crippen molar-refractivity contribution in [1.82, 2.24) is 4.90 Å². The largest absolute Gasteiger partial charge is 0.444 e. The summed E-state index contributed by atoms with van der Waals surface area (Å²) < 4.78 is 19.8. The van der Waals surface area contributed by atoms with Crippen LogP contribution >= 0.6 is 0 Å². The van der Waals surface area contributed by atoms with E-state index >= 15 is 0 Å². The van der Waals surface area contributed by atoms with E-state index in [0.29, 0.717) is 24.5 Å². The number of anilines is 2. The Morgan fingerprint density at radius 2 is 2.16 bits per heavy atom. The maximum absolute atomic E-state index is 14.3. The van der Waals surface area contributed by atoms with E-state index in [4.69, 9.17) is 10.5 Å². The molecule has 25 heavy (non-hydrogen) atoms. The van der Waals surface area contributed by atoms with Crippen LogP contribution in [0.15, 0.2) is 18.2 Å². The number of amides is 1. The molecular formula is C19H30FN3O2. The van der Waals surface area contributed by atoms with Crippen molar-refractivity contribution in [2.75, 3.05) is 30.3 Å². The number of halogens is 1. The number of hydrogen-bond donors (Lipinski definition) is 1. The molecule has 1 unspecified atom stereocenters. The van der Waals surface area contributed by atoms with Gasteiger partial charge in [-0.05, 0) is 52.2 Å². The van der Waals surface area contributed by atoms with Crippen LogP contribution < -0.4 is 10.6 Å². The molecule has 0 bridgehead atoms. The zero-order valence-electron chi connectivity index (χ0n) is 15.7. The predicted octanol–water partition coefficient (Wildman–Crippen LogP) is 4.02. The van der Waals surface area contributed by atoms with Gasteiger partial charge >= 0.3 is 6.09 Å². The molecule has 6 heteroatoms. The quantitative estimate of drug-likeness (QED) is 0.832. The second-order valence-electron chi connectivity index (χ2n) is 7.59. The van der Waals surface area contributed by atoms with Gasteiger partial charge < -0.3 is 20.3 Å². The Morgan fingerprint density at radius 3 is 2.76 bits per heavy atom. The van der Waals surface area contributed by atoms with Gasteiger partial charge in [-0.1, -0.05) is 13.0 Å². The number of benzene rings is 1. The van der Waals surface area contributed by atoms with Crippen LogP contribution in [0.5, 0.6) is 0 Å². The number of nitrogens with zero attached hydrogens (tertiary/aromatic N) is 2. The number of rotatable bonds is 4. The summed E-state index contributed by atoms with van der Waals surface area (Å²) in [5.41, 5.74) is 6.32. The summed E-state index contributed by atoms with van der Waals surface area (Å²) >= 11 is 0. The highest BCUT2D eigenvalue weighted by atomic mass is 19.1. The van der Waals surface area contributed by atoms with Gasteiger partial charge in [-0.25, -0.2) is 9.18 Å². The van der Waals surface area contributed by atoms with Gasteiger partial charge in [0.05, 0.1) is 17.4 Å². The summed E-state index contributed by atoms with van der Waals surface area (Å²) in [6.45, 7) is 9.54. The van der Waals surface area contributed by atoms with Gasteiger partial charge in [0.1, 0.15) is 11.4 Å². The number of carbonyl (C=O) groups excluding carboxylic acids is 1. The van der Waals surface area contributed by atoms with Crippen molar-refractivity contribution in [3.05, 3.63) is 24.0 Å². The monoisotopic (exact) mass is 351 g/mol. The van der Waals surface area contributed by atoms with Crippen LogP contribution in [-0.2, 0) is 4.74 Å². The van der Waals surface area contributed by atoms with Crippen molar-refractivity contribution in [1.29, 1.82) is 0 Å². The topological polar surface area (TPSA) is 58.8 Å². The highest BCUT2D eigenvalue weighted by molar-refractivity contribution is 5.70. The van der Waals surface area contributed by atoms with Crippen LogP contribution in [-0.4, -0.2) is 42.3 Å². The first-order chi connectivity index (χ1) is 11.7. The smallest absolute Gasteiger partial charge is 0.410 e. The van der Waals surface area contributed by atoms with E-state index in [1.54, 1.807) is 17.0 Å². The maximum Gasteiger partial charge on any atom is 0.410 e. The van der Waals surface area contributed by atoms with Crippen LogP contribution in [0.1, 0.15) is 47.0 Å². The Kier molecular flexibility index (Phi) is 6.14. The first-order valence-corrected chi connectivity index (χ1v) is 9.01. The molecule has 1 aliphatic rings. The van der Waals surface area contributed by atoms with E-state index in [1.165, 1.54) is 6.07 Å². The fraction of sp³-hybridized carbons (Fsp3) is 0.632. The molecular weight excluding hydrogens is 321 g/mol. The van der Waals surface area contributed by atoms with Crippen molar-refractivity contribution in [2.24, 2.45) is 0 Å². The van der Waals surface area contributed by atoms with Crippen molar-refractivity contribution < 1.29 is 13.9 Å². The summed E-state index contributed by atoms with van der Waals surface area (Å²) in [4.78, 5) is 16.3. The minimum atomic E-state index is -0.534. The highest BCUT2D eigenvalue weighted by Gasteiger charge is 2.32. The summed E-state index contributed by atoms with van der Waals surface area (Å²) in [6.07, 6.45) is 2.30. The Labute approximate surface area is 149 Å². The minimum Gasteiger partial charge on any atom is -0.444 e. The Bertz CT molecular complexity index is 581. The first-order valence-electron chi connectivity index (χ1n) is 9.01. The zero-order chi connectivity index (χ0) is 18.6. The summed E-state index contributed by atoms with van der Waals surface area (Å²) in [7, 11) is 0. The number of ether oxygens (including phenoxy) is 1. The Morgan fingerprint density at radius 1 is 1.44 bits per heavy atom. The molecule has 1 aromatic carbocycles. The van der Waals surface area contributed by atoms with Crippen LogP contribution in [0, 0.1) is 5.82 Å². The third-order valence-electron chi connectivity index (χ3n) is 4.26. The Hall–Kier alpha value is -1.98. The molecule has 1 aromatic rings. The predicted molar refractivity (Wildman–Crippen MR) is 99.3 cm³/mol. The van der Waals surface area contributed by atoms with E-state index in [9.17, 15) is 9.18 Å². The third kappa shape index (κ3) is 5.00. The normalized spacial score (nSPS) is 18.1. The number of nitrogen functional groups attached to an aromatic ring is 1. The van der Waals surface area contributed by atoms with Crippen molar-refractivity contribution in [3.8, 4) is 0 Å². The molecule has 0 spiro atoms. The maximum atomic E-state index is 14.3. The van der Waals surface area contributed by atoms with Gasteiger partial charge in [0.15, 0.2) is 0 Å². The van der Waals surface area contributed by atoms with Gasteiger partial charge in [-0.3, -0.25) is 0 Å². The second-order valence-corrected chi connectivity index (χ2v) is 7.59. The number of piperidine rings is 1. The lowest BCUT2D eigenvalue weighted by molar-refractivity contribution is 0.0146. The molecule has 1 amide bonds. The number of carbonyl (C=O) groups is 1. The van der Waals surface area contributed by atoms with Gasteiger partial charge in [0, 0.05) is 19.6 Å². The molecule has 0 aromatic heterocycles. The number of para-hydroxylation sites is 1. The molecule has 140 valence electrons. The molecule has 5 nitrogen and oxygen atoms in total. The van der Waals surface area contributed by atoms with Crippen molar-refractivity contribution in [2.45, 2.75) is 58.6 Å².